The molecule has 6 heteroatoms. The molecule has 4 nitrogen and oxygen atoms in total. The van der Waals surface area contributed by atoms with Crippen molar-refractivity contribution in [3.8, 4) is 0 Å². The van der Waals surface area contributed by atoms with Gasteiger partial charge in [0.15, 0.2) is 0 Å². The normalized spacial score (nSPS) is 11.3. The van der Waals surface area contributed by atoms with Gasteiger partial charge in [0.25, 0.3) is 10.0 Å². The van der Waals surface area contributed by atoms with Gasteiger partial charge in [-0.25, -0.2) is 13.4 Å². The molecule has 0 aliphatic rings. The molecule has 0 unspecified atom stereocenters. The number of anilines is 1. The highest BCUT2D eigenvalue weighted by molar-refractivity contribution is 7.92. The number of benzene rings is 1. The Balaban J connectivity index is 2.43. The van der Waals surface area contributed by atoms with Crippen LogP contribution in [0.4, 0.5) is 5.82 Å². The summed E-state index contributed by atoms with van der Waals surface area (Å²) in [7, 11) is -3.65. The molecule has 0 amide bonds. The fourth-order valence-electron chi connectivity index (χ4n) is 1.66. The molecule has 1 aromatic carbocycles. The predicted octanol–water partition coefficient (Wildman–Crippen LogP) is 3.15. The SMILES string of the molecule is Cc1cc(S(=O)(=O)Nc2ccccn2)c(C)cc1Cl. The van der Waals surface area contributed by atoms with E-state index in [1.807, 2.05) is 0 Å². The Morgan fingerprint density at radius 2 is 1.89 bits per heavy atom. The van der Waals surface area contributed by atoms with Crippen molar-refractivity contribution in [2.45, 2.75) is 18.7 Å². The highest BCUT2D eigenvalue weighted by atomic mass is 35.5. The van der Waals surface area contributed by atoms with Crippen molar-refractivity contribution < 1.29 is 8.42 Å². The average Bonchev–Trinajstić information content (AvgIpc) is 2.34. The minimum Gasteiger partial charge on any atom is -0.263 e. The second-order valence-corrected chi connectivity index (χ2v) is 6.25. The molecule has 0 aliphatic heterocycles. The first-order chi connectivity index (χ1) is 8.90. The molecular formula is C13H13ClN2O2S. The summed E-state index contributed by atoms with van der Waals surface area (Å²) in [5.74, 6) is 0.287. The van der Waals surface area contributed by atoms with E-state index in [4.69, 9.17) is 11.6 Å². The molecule has 19 heavy (non-hydrogen) atoms. The predicted molar refractivity (Wildman–Crippen MR) is 76.0 cm³/mol. The van der Waals surface area contributed by atoms with Crippen LogP contribution in [0.3, 0.4) is 0 Å². The van der Waals surface area contributed by atoms with Gasteiger partial charge in [0.2, 0.25) is 0 Å². The maximum Gasteiger partial charge on any atom is 0.263 e. The molecule has 0 atom stereocenters. The Kier molecular flexibility index (Phi) is 3.78. The summed E-state index contributed by atoms with van der Waals surface area (Å²) in [6.45, 7) is 3.47. The third-order valence-corrected chi connectivity index (χ3v) is 4.55. The van der Waals surface area contributed by atoms with Crippen LogP contribution in [0.2, 0.25) is 5.02 Å². The fourth-order valence-corrected chi connectivity index (χ4v) is 3.20. The highest BCUT2D eigenvalue weighted by Crippen LogP contribution is 2.25. The lowest BCUT2D eigenvalue weighted by molar-refractivity contribution is 0.600. The molecule has 1 aromatic heterocycles. The second-order valence-electron chi connectivity index (χ2n) is 4.19. The second kappa shape index (κ2) is 5.19. The monoisotopic (exact) mass is 296 g/mol. The van der Waals surface area contributed by atoms with E-state index < -0.39 is 10.0 Å². The van der Waals surface area contributed by atoms with Crippen molar-refractivity contribution in [3.63, 3.8) is 0 Å². The lowest BCUT2D eigenvalue weighted by atomic mass is 10.2. The highest BCUT2D eigenvalue weighted by Gasteiger charge is 2.18. The molecule has 1 heterocycles. The van der Waals surface area contributed by atoms with Crippen molar-refractivity contribution in [2.24, 2.45) is 0 Å². The first-order valence-corrected chi connectivity index (χ1v) is 7.47. The van der Waals surface area contributed by atoms with E-state index >= 15 is 0 Å². The molecule has 100 valence electrons. The molecule has 0 saturated carbocycles. The van der Waals surface area contributed by atoms with Crippen LogP contribution >= 0.6 is 11.6 Å². The topological polar surface area (TPSA) is 59.1 Å². The van der Waals surface area contributed by atoms with E-state index in [0.717, 1.165) is 0 Å². The van der Waals surface area contributed by atoms with Crippen molar-refractivity contribution in [1.82, 2.24) is 4.98 Å². The van der Waals surface area contributed by atoms with E-state index in [9.17, 15) is 8.42 Å². The van der Waals surface area contributed by atoms with Gasteiger partial charge in [-0.15, -0.1) is 0 Å². The van der Waals surface area contributed by atoms with Crippen LogP contribution < -0.4 is 4.72 Å². The number of halogens is 1. The first kappa shape index (κ1) is 13.8. The zero-order valence-corrected chi connectivity index (χ0v) is 12.1. The minimum absolute atomic E-state index is 0.208. The van der Waals surface area contributed by atoms with E-state index in [0.29, 0.717) is 16.1 Å². The number of nitrogens with one attached hydrogen (secondary N) is 1. The van der Waals surface area contributed by atoms with Crippen LogP contribution in [0.1, 0.15) is 11.1 Å². The molecule has 0 bridgehead atoms. The van der Waals surface area contributed by atoms with Gasteiger partial charge in [0.1, 0.15) is 5.82 Å². The Bertz CT molecular complexity index is 700. The Hall–Kier alpha value is -1.59. The van der Waals surface area contributed by atoms with Crippen LogP contribution in [-0.4, -0.2) is 13.4 Å². The molecular weight excluding hydrogens is 284 g/mol. The largest absolute Gasteiger partial charge is 0.263 e. The molecule has 0 fully saturated rings. The zero-order valence-electron chi connectivity index (χ0n) is 10.5. The van der Waals surface area contributed by atoms with Gasteiger partial charge in [-0.1, -0.05) is 17.7 Å². The number of nitrogens with zero attached hydrogens (tertiary/aromatic N) is 1. The summed E-state index contributed by atoms with van der Waals surface area (Å²) in [5.41, 5.74) is 1.31. The van der Waals surface area contributed by atoms with Crippen molar-refractivity contribution in [2.75, 3.05) is 4.72 Å². The molecule has 1 N–H and O–H groups in total. The molecule has 0 spiro atoms. The molecule has 0 saturated heterocycles. The number of hydrogen-bond acceptors (Lipinski definition) is 3. The van der Waals surface area contributed by atoms with Gasteiger partial charge < -0.3 is 0 Å². The summed E-state index contributed by atoms with van der Waals surface area (Å²) in [4.78, 5) is 4.15. The first-order valence-electron chi connectivity index (χ1n) is 5.61. The summed E-state index contributed by atoms with van der Waals surface area (Å²) in [6.07, 6.45) is 1.53. The van der Waals surface area contributed by atoms with Gasteiger partial charge in [-0.2, -0.15) is 0 Å². The van der Waals surface area contributed by atoms with E-state index in [-0.39, 0.29) is 10.7 Å². The average molecular weight is 297 g/mol. The lowest BCUT2D eigenvalue weighted by Crippen LogP contribution is -2.15. The van der Waals surface area contributed by atoms with E-state index in [1.165, 1.54) is 6.20 Å². The smallest absolute Gasteiger partial charge is 0.263 e. The maximum atomic E-state index is 12.3. The molecule has 0 radical (unpaired) electrons. The van der Waals surface area contributed by atoms with Crippen LogP contribution in [0.25, 0.3) is 0 Å². The number of rotatable bonds is 3. The zero-order chi connectivity index (χ0) is 14.0. The Labute approximate surface area is 117 Å². The quantitative estimate of drug-likeness (QED) is 0.946. The number of hydrogen-bond donors (Lipinski definition) is 1. The van der Waals surface area contributed by atoms with Gasteiger partial charge >= 0.3 is 0 Å². The van der Waals surface area contributed by atoms with Crippen LogP contribution in [0, 0.1) is 13.8 Å². The number of aryl methyl sites for hydroxylation is 2. The fraction of sp³-hybridized carbons (Fsp3) is 0.154. The standard InChI is InChI=1S/C13H13ClN2O2S/c1-9-8-12(10(2)7-11(9)14)19(17,18)16-13-5-3-4-6-15-13/h3-8H,1-2H3,(H,15,16). The van der Waals surface area contributed by atoms with Crippen molar-refractivity contribution >= 4 is 27.4 Å². The summed E-state index contributed by atoms with van der Waals surface area (Å²) < 4.78 is 27.0. The number of sulfonamides is 1. The summed E-state index contributed by atoms with van der Waals surface area (Å²) in [6, 6.07) is 8.22. The Morgan fingerprint density at radius 1 is 1.16 bits per heavy atom. The van der Waals surface area contributed by atoms with E-state index in [2.05, 4.69) is 9.71 Å². The molecule has 2 aromatic rings. The van der Waals surface area contributed by atoms with Gasteiger partial charge in [0, 0.05) is 11.2 Å². The number of pyridine rings is 1. The Morgan fingerprint density at radius 3 is 2.53 bits per heavy atom. The summed E-state index contributed by atoms with van der Waals surface area (Å²) >= 11 is 5.97. The minimum atomic E-state index is -3.65. The van der Waals surface area contributed by atoms with Gasteiger partial charge in [-0.05, 0) is 49.2 Å². The van der Waals surface area contributed by atoms with Gasteiger partial charge in [-0.3, -0.25) is 4.72 Å². The molecule has 0 aliphatic carbocycles. The van der Waals surface area contributed by atoms with Crippen molar-refractivity contribution in [1.29, 1.82) is 0 Å². The van der Waals surface area contributed by atoms with Gasteiger partial charge in [0.05, 0.1) is 4.90 Å². The third-order valence-electron chi connectivity index (χ3n) is 2.65. The molecule has 2 rings (SSSR count). The lowest BCUT2D eigenvalue weighted by Gasteiger charge is -2.11. The van der Waals surface area contributed by atoms with Crippen LogP contribution in [-0.2, 0) is 10.0 Å². The van der Waals surface area contributed by atoms with Crippen LogP contribution in [0.5, 0.6) is 0 Å². The van der Waals surface area contributed by atoms with E-state index in [1.54, 1.807) is 44.2 Å². The van der Waals surface area contributed by atoms with Crippen molar-refractivity contribution in [3.05, 3.63) is 52.7 Å². The maximum absolute atomic E-state index is 12.3. The van der Waals surface area contributed by atoms with Crippen LogP contribution in [0.15, 0.2) is 41.4 Å². The third kappa shape index (κ3) is 3.05. The summed E-state index contributed by atoms with van der Waals surface area (Å²) in [5, 5.41) is 0.550. The number of aromatic nitrogens is 1.